The van der Waals surface area contributed by atoms with Gasteiger partial charge < -0.3 is 20.0 Å². The molecule has 36 heavy (non-hydrogen) atoms. The third kappa shape index (κ3) is 6.42. The third-order valence-corrected chi connectivity index (χ3v) is 6.85. The summed E-state index contributed by atoms with van der Waals surface area (Å²) < 4.78 is 0. The zero-order valence-electron chi connectivity index (χ0n) is 22.2. The van der Waals surface area contributed by atoms with Gasteiger partial charge in [0.1, 0.15) is 17.5 Å². The van der Waals surface area contributed by atoms with E-state index in [1.165, 1.54) is 37.7 Å². The minimum Gasteiger partial charge on any atom is -0.363 e. The lowest BCUT2D eigenvalue weighted by molar-refractivity contribution is 0.443. The van der Waals surface area contributed by atoms with Gasteiger partial charge in [-0.05, 0) is 36.5 Å². The second-order valence-corrected chi connectivity index (χ2v) is 9.43. The fourth-order valence-electron chi connectivity index (χ4n) is 4.87. The van der Waals surface area contributed by atoms with E-state index in [0.717, 1.165) is 55.3 Å². The van der Waals surface area contributed by atoms with Crippen molar-refractivity contribution >= 4 is 29.1 Å². The highest BCUT2D eigenvalue weighted by atomic mass is 15.4. The predicted molar refractivity (Wildman–Crippen MR) is 150 cm³/mol. The zero-order chi connectivity index (χ0) is 25.3. The average molecular weight is 489 g/mol. The van der Waals surface area contributed by atoms with Crippen LogP contribution in [0.5, 0.6) is 0 Å². The van der Waals surface area contributed by atoms with Crippen molar-refractivity contribution in [3.63, 3.8) is 0 Å². The Bertz CT molecular complexity index is 1060. The van der Waals surface area contributed by atoms with Gasteiger partial charge in [-0.2, -0.15) is 9.97 Å². The highest BCUT2D eigenvalue weighted by Crippen LogP contribution is 2.33. The van der Waals surface area contributed by atoms with Gasteiger partial charge >= 0.3 is 0 Å². The topological polar surface area (TPSA) is 73.3 Å². The summed E-state index contributed by atoms with van der Waals surface area (Å²) in [6.45, 7) is 7.39. The first kappa shape index (κ1) is 25.7. The van der Waals surface area contributed by atoms with Crippen LogP contribution in [0.3, 0.4) is 0 Å². The first-order chi connectivity index (χ1) is 17.7. The summed E-state index contributed by atoms with van der Waals surface area (Å²) in [6.07, 6.45) is 12.0. The molecule has 2 fully saturated rings. The van der Waals surface area contributed by atoms with E-state index in [-0.39, 0.29) is 0 Å². The summed E-state index contributed by atoms with van der Waals surface area (Å²) in [5.74, 6) is 4.10. The molecule has 0 atom stereocenters. The van der Waals surface area contributed by atoms with Crippen LogP contribution in [-0.2, 0) is 0 Å². The Morgan fingerprint density at radius 2 is 1.56 bits per heavy atom. The zero-order valence-corrected chi connectivity index (χ0v) is 22.2. The molecular formula is C28H40N8. The van der Waals surface area contributed by atoms with Crippen molar-refractivity contribution in [2.24, 2.45) is 0 Å². The Morgan fingerprint density at radius 3 is 2.19 bits per heavy atom. The van der Waals surface area contributed by atoms with Gasteiger partial charge in [0.25, 0.3) is 0 Å². The van der Waals surface area contributed by atoms with Crippen molar-refractivity contribution in [3.8, 4) is 0 Å². The first-order valence-corrected chi connectivity index (χ1v) is 13.3. The molecule has 2 aromatic heterocycles. The van der Waals surface area contributed by atoms with E-state index in [1.807, 2.05) is 45.1 Å². The Kier molecular flexibility index (Phi) is 8.92. The Hall–Kier alpha value is -3.42. The summed E-state index contributed by atoms with van der Waals surface area (Å²) in [5, 5.41) is 3.51. The van der Waals surface area contributed by atoms with E-state index in [9.17, 15) is 0 Å². The van der Waals surface area contributed by atoms with Crippen LogP contribution in [0.25, 0.3) is 0 Å². The third-order valence-electron chi connectivity index (χ3n) is 6.85. The second kappa shape index (κ2) is 12.5. The van der Waals surface area contributed by atoms with Crippen LogP contribution in [0, 0.1) is 0 Å². The molecule has 0 amide bonds. The van der Waals surface area contributed by atoms with E-state index in [4.69, 9.17) is 9.97 Å². The molecule has 1 N–H and O–H groups in total. The van der Waals surface area contributed by atoms with Gasteiger partial charge in [0.15, 0.2) is 0 Å². The monoisotopic (exact) mass is 488 g/mol. The molecule has 3 heterocycles. The number of anilines is 5. The molecule has 1 aliphatic carbocycles. The summed E-state index contributed by atoms with van der Waals surface area (Å²) in [7, 11) is 4.03. The summed E-state index contributed by atoms with van der Waals surface area (Å²) >= 11 is 0. The lowest BCUT2D eigenvalue weighted by Crippen LogP contribution is -2.47. The fraction of sp³-hybridized carbons (Fsp3) is 0.500. The highest BCUT2D eigenvalue weighted by molar-refractivity contribution is 5.62. The molecule has 1 saturated heterocycles. The molecular weight excluding hydrogens is 448 g/mol. The maximum absolute atomic E-state index is 4.88. The number of piperazine rings is 1. The van der Waals surface area contributed by atoms with Crippen LogP contribution in [0.15, 0.2) is 48.9 Å². The molecule has 8 heteroatoms. The lowest BCUT2D eigenvalue weighted by atomic mass is 9.84. The minimum absolute atomic E-state index is 0.717. The van der Waals surface area contributed by atoms with Crippen LogP contribution in [0.2, 0.25) is 0 Å². The van der Waals surface area contributed by atoms with Crippen LogP contribution < -0.4 is 20.0 Å². The Labute approximate surface area is 215 Å². The van der Waals surface area contributed by atoms with Crippen molar-refractivity contribution in [3.05, 3.63) is 54.5 Å². The molecule has 192 valence electrons. The SMILES string of the molecule is CC.CN(C)c1cc(Nc2ccc(C3CCCCC3)cc2)nc(N2CCN(c3cnccn3)CC2)n1. The van der Waals surface area contributed by atoms with E-state index in [0.29, 0.717) is 5.92 Å². The van der Waals surface area contributed by atoms with E-state index in [2.05, 4.69) is 49.4 Å². The van der Waals surface area contributed by atoms with Crippen molar-refractivity contribution in [1.29, 1.82) is 0 Å². The smallest absolute Gasteiger partial charge is 0.229 e. The molecule has 0 radical (unpaired) electrons. The van der Waals surface area contributed by atoms with Crippen LogP contribution in [0.4, 0.5) is 29.1 Å². The molecule has 0 spiro atoms. The number of nitrogens with one attached hydrogen (secondary N) is 1. The normalized spacial score (nSPS) is 16.2. The highest BCUT2D eigenvalue weighted by Gasteiger charge is 2.21. The van der Waals surface area contributed by atoms with Gasteiger partial charge in [-0.25, -0.2) is 4.98 Å². The van der Waals surface area contributed by atoms with Crippen molar-refractivity contribution in [2.75, 3.05) is 60.3 Å². The molecule has 3 aromatic rings. The maximum atomic E-state index is 4.88. The van der Waals surface area contributed by atoms with Crippen LogP contribution in [-0.4, -0.2) is 60.2 Å². The standard InChI is InChI=1S/C26H34N8.C2H6/c1-32(2)24-18-23(29-22-10-8-21(9-11-22)20-6-4-3-5-7-20)30-26(31-24)34-16-14-33(15-17-34)25-19-27-12-13-28-25;1-2/h8-13,18-20H,3-7,14-17H2,1-2H3,(H,29,30,31);1-2H3. The number of hydrogen-bond acceptors (Lipinski definition) is 8. The van der Waals surface area contributed by atoms with Gasteiger partial charge in [-0.15, -0.1) is 0 Å². The van der Waals surface area contributed by atoms with Gasteiger partial charge in [-0.1, -0.05) is 45.2 Å². The molecule has 0 unspecified atom stereocenters. The lowest BCUT2D eigenvalue weighted by Gasteiger charge is -2.35. The summed E-state index contributed by atoms with van der Waals surface area (Å²) in [4.78, 5) is 24.9. The Balaban J connectivity index is 0.00000148. The van der Waals surface area contributed by atoms with Gasteiger partial charge in [-0.3, -0.25) is 4.98 Å². The van der Waals surface area contributed by atoms with Gasteiger partial charge in [0.05, 0.1) is 6.20 Å². The van der Waals surface area contributed by atoms with E-state index < -0.39 is 0 Å². The Morgan fingerprint density at radius 1 is 0.861 bits per heavy atom. The van der Waals surface area contributed by atoms with Crippen molar-refractivity contribution in [1.82, 2.24) is 19.9 Å². The van der Waals surface area contributed by atoms with Crippen molar-refractivity contribution in [2.45, 2.75) is 51.9 Å². The van der Waals surface area contributed by atoms with E-state index in [1.54, 1.807) is 12.4 Å². The van der Waals surface area contributed by atoms with Gasteiger partial charge in [0.2, 0.25) is 5.95 Å². The molecule has 1 saturated carbocycles. The second-order valence-electron chi connectivity index (χ2n) is 9.43. The number of hydrogen-bond donors (Lipinski definition) is 1. The fourth-order valence-corrected chi connectivity index (χ4v) is 4.87. The molecule has 5 rings (SSSR count). The number of rotatable bonds is 6. The number of nitrogens with zero attached hydrogens (tertiary/aromatic N) is 7. The maximum Gasteiger partial charge on any atom is 0.229 e. The van der Waals surface area contributed by atoms with Gasteiger partial charge in [0, 0.05) is 64.4 Å². The number of benzene rings is 1. The predicted octanol–water partition coefficient (Wildman–Crippen LogP) is 5.48. The molecule has 8 nitrogen and oxygen atoms in total. The van der Waals surface area contributed by atoms with Crippen LogP contribution in [0.1, 0.15) is 57.4 Å². The first-order valence-electron chi connectivity index (χ1n) is 13.3. The largest absolute Gasteiger partial charge is 0.363 e. The quantitative estimate of drug-likeness (QED) is 0.489. The summed E-state index contributed by atoms with van der Waals surface area (Å²) in [6, 6.07) is 10.9. The van der Waals surface area contributed by atoms with Crippen LogP contribution >= 0.6 is 0 Å². The van der Waals surface area contributed by atoms with E-state index >= 15 is 0 Å². The average Bonchev–Trinajstić information content (AvgIpc) is 2.95. The molecule has 1 aliphatic heterocycles. The van der Waals surface area contributed by atoms with Crippen molar-refractivity contribution < 1.29 is 0 Å². The minimum atomic E-state index is 0.717. The molecule has 0 bridgehead atoms. The molecule has 1 aromatic carbocycles. The number of aromatic nitrogens is 4. The molecule has 2 aliphatic rings. The summed E-state index contributed by atoms with van der Waals surface area (Å²) in [5.41, 5.74) is 2.52.